The predicted molar refractivity (Wildman–Crippen MR) is 96.6 cm³/mol. The van der Waals surface area contributed by atoms with Crippen LogP contribution in [0.1, 0.15) is 20.8 Å². The number of halogens is 1. The van der Waals surface area contributed by atoms with Crippen LogP contribution in [0.25, 0.3) is 0 Å². The monoisotopic (exact) mass is 374 g/mol. The van der Waals surface area contributed by atoms with Crippen LogP contribution in [-0.2, 0) is 4.74 Å². The highest BCUT2D eigenvalue weighted by molar-refractivity contribution is 7.80. The number of thiocarbonyl (C=S) groups is 1. The van der Waals surface area contributed by atoms with Crippen molar-refractivity contribution in [2.45, 2.75) is 26.4 Å². The molecule has 0 aliphatic carbocycles. The molecule has 10 heteroatoms. The topological polar surface area (TPSA) is 106 Å². The quantitative estimate of drug-likeness (QED) is 0.315. The second-order valence-corrected chi connectivity index (χ2v) is 6.57. The summed E-state index contributed by atoms with van der Waals surface area (Å²) in [5.74, 6) is 0. The normalized spacial score (nSPS) is 10.7. The smallest absolute Gasteiger partial charge is 0.407 e. The van der Waals surface area contributed by atoms with Gasteiger partial charge in [-0.25, -0.2) is 4.79 Å². The van der Waals surface area contributed by atoms with E-state index in [9.17, 15) is 14.9 Å². The molecule has 24 heavy (non-hydrogen) atoms. The van der Waals surface area contributed by atoms with Crippen LogP contribution < -0.4 is 16.0 Å². The molecular weight excluding hydrogens is 356 g/mol. The third-order valence-electron chi connectivity index (χ3n) is 2.48. The van der Waals surface area contributed by atoms with Crippen LogP contribution in [0, 0.1) is 10.1 Å². The average Bonchev–Trinajstić information content (AvgIpc) is 2.43. The van der Waals surface area contributed by atoms with Crippen LogP contribution in [0.5, 0.6) is 0 Å². The number of benzene rings is 1. The molecule has 1 rings (SSSR count). The molecule has 0 heterocycles. The van der Waals surface area contributed by atoms with Crippen molar-refractivity contribution in [2.75, 3.05) is 18.4 Å². The largest absolute Gasteiger partial charge is 0.444 e. The number of carbonyl (C=O) groups is 1. The zero-order valence-electron chi connectivity index (χ0n) is 13.5. The van der Waals surface area contributed by atoms with Crippen molar-refractivity contribution < 1.29 is 14.5 Å². The summed E-state index contributed by atoms with van der Waals surface area (Å²) in [7, 11) is 0. The van der Waals surface area contributed by atoms with Gasteiger partial charge in [-0.1, -0.05) is 11.6 Å². The lowest BCUT2D eigenvalue weighted by molar-refractivity contribution is -0.383. The number of anilines is 1. The van der Waals surface area contributed by atoms with Gasteiger partial charge in [-0.3, -0.25) is 10.1 Å². The number of rotatable bonds is 5. The van der Waals surface area contributed by atoms with Gasteiger partial charge in [0.05, 0.1) is 4.92 Å². The highest BCUT2D eigenvalue weighted by Gasteiger charge is 2.16. The van der Waals surface area contributed by atoms with Crippen LogP contribution in [0.4, 0.5) is 16.2 Å². The van der Waals surface area contributed by atoms with Gasteiger partial charge in [-0.15, -0.1) is 0 Å². The Bertz CT molecular complexity index is 634. The minimum atomic E-state index is -0.568. The number of hydrogen-bond acceptors (Lipinski definition) is 5. The Hall–Kier alpha value is -2.13. The van der Waals surface area contributed by atoms with Gasteiger partial charge in [0.15, 0.2) is 5.11 Å². The van der Waals surface area contributed by atoms with Gasteiger partial charge in [0.1, 0.15) is 11.3 Å². The predicted octanol–water partition coefficient (Wildman–Crippen LogP) is 3.06. The summed E-state index contributed by atoms with van der Waals surface area (Å²) in [5, 5.41) is 19.5. The summed E-state index contributed by atoms with van der Waals surface area (Å²) in [6.07, 6.45) is -0.531. The first kappa shape index (κ1) is 19.9. The molecule has 0 unspecified atom stereocenters. The Kier molecular flexibility index (Phi) is 7.18. The molecule has 0 aromatic heterocycles. The molecule has 0 spiro atoms. The number of amides is 1. The summed E-state index contributed by atoms with van der Waals surface area (Å²) in [4.78, 5) is 21.9. The van der Waals surface area contributed by atoms with E-state index >= 15 is 0 Å². The molecule has 0 radical (unpaired) electrons. The van der Waals surface area contributed by atoms with Gasteiger partial charge in [-0.05, 0) is 45.1 Å². The summed E-state index contributed by atoms with van der Waals surface area (Å²) < 4.78 is 5.08. The fourth-order valence-electron chi connectivity index (χ4n) is 1.58. The first-order valence-electron chi connectivity index (χ1n) is 7.04. The summed E-state index contributed by atoms with van der Waals surface area (Å²) >= 11 is 10.8. The minimum absolute atomic E-state index is 0.182. The summed E-state index contributed by atoms with van der Waals surface area (Å²) in [5.41, 5.74) is -0.525. The number of hydrogen-bond donors (Lipinski definition) is 3. The van der Waals surface area contributed by atoms with E-state index in [1.54, 1.807) is 20.8 Å². The van der Waals surface area contributed by atoms with Crippen LogP contribution in [0.15, 0.2) is 18.2 Å². The van der Waals surface area contributed by atoms with E-state index in [0.717, 1.165) is 0 Å². The molecule has 0 aliphatic heterocycles. The van der Waals surface area contributed by atoms with E-state index in [4.69, 9.17) is 28.6 Å². The summed E-state index contributed by atoms with van der Waals surface area (Å²) in [6, 6.07) is 4.22. The average molecular weight is 375 g/mol. The van der Waals surface area contributed by atoms with Crippen molar-refractivity contribution >= 4 is 46.4 Å². The third kappa shape index (κ3) is 7.42. The van der Waals surface area contributed by atoms with E-state index < -0.39 is 16.6 Å². The van der Waals surface area contributed by atoms with Gasteiger partial charge >= 0.3 is 6.09 Å². The first-order valence-corrected chi connectivity index (χ1v) is 7.83. The number of nitro groups is 1. The zero-order valence-corrected chi connectivity index (χ0v) is 15.1. The van der Waals surface area contributed by atoms with Gasteiger partial charge in [-0.2, -0.15) is 0 Å². The van der Waals surface area contributed by atoms with Crippen LogP contribution in [-0.4, -0.2) is 34.8 Å². The third-order valence-corrected chi connectivity index (χ3v) is 2.96. The molecule has 1 aromatic carbocycles. The molecule has 1 amide bonds. The molecule has 0 saturated heterocycles. The Morgan fingerprint density at radius 2 is 1.96 bits per heavy atom. The van der Waals surface area contributed by atoms with Crippen molar-refractivity contribution in [2.24, 2.45) is 0 Å². The Balaban J connectivity index is 2.43. The number of nitrogens with zero attached hydrogens (tertiary/aromatic N) is 1. The van der Waals surface area contributed by atoms with Gasteiger partial charge in [0.25, 0.3) is 5.69 Å². The van der Waals surface area contributed by atoms with Crippen molar-refractivity contribution in [3.8, 4) is 0 Å². The standard InChI is InChI=1S/C14H19ClN4O4S/c1-14(2,3)23-13(20)17-7-6-16-12(24)18-10-5-4-9(15)8-11(10)19(21)22/h4-5,8H,6-7H2,1-3H3,(H,17,20)(H2,16,18,24). The highest BCUT2D eigenvalue weighted by atomic mass is 35.5. The summed E-state index contributed by atoms with van der Waals surface area (Å²) in [6.45, 7) is 5.90. The first-order chi connectivity index (χ1) is 11.1. The lowest BCUT2D eigenvalue weighted by atomic mass is 10.2. The lowest BCUT2D eigenvalue weighted by Gasteiger charge is -2.19. The lowest BCUT2D eigenvalue weighted by Crippen LogP contribution is -2.39. The highest BCUT2D eigenvalue weighted by Crippen LogP contribution is 2.27. The van der Waals surface area contributed by atoms with E-state index in [-0.39, 0.29) is 28.1 Å². The number of alkyl carbamates (subject to hydrolysis) is 1. The SMILES string of the molecule is CC(C)(C)OC(=O)NCCNC(=S)Nc1ccc(Cl)cc1[N+](=O)[O-]. The van der Waals surface area contributed by atoms with Crippen LogP contribution in [0.2, 0.25) is 5.02 Å². The number of ether oxygens (including phenoxy) is 1. The molecule has 132 valence electrons. The minimum Gasteiger partial charge on any atom is -0.444 e. The van der Waals surface area contributed by atoms with E-state index in [0.29, 0.717) is 6.54 Å². The maximum absolute atomic E-state index is 11.4. The fraction of sp³-hybridized carbons (Fsp3) is 0.429. The van der Waals surface area contributed by atoms with Crippen molar-refractivity contribution in [3.63, 3.8) is 0 Å². The van der Waals surface area contributed by atoms with E-state index in [1.165, 1.54) is 18.2 Å². The molecule has 0 bridgehead atoms. The Labute approximate surface area is 150 Å². The van der Waals surface area contributed by atoms with E-state index in [1.807, 2.05) is 0 Å². The van der Waals surface area contributed by atoms with Crippen molar-refractivity contribution in [1.82, 2.24) is 10.6 Å². The maximum atomic E-state index is 11.4. The molecule has 0 aliphatic rings. The van der Waals surface area contributed by atoms with Crippen LogP contribution in [0.3, 0.4) is 0 Å². The second-order valence-electron chi connectivity index (χ2n) is 5.73. The van der Waals surface area contributed by atoms with Gasteiger partial charge in [0.2, 0.25) is 0 Å². The van der Waals surface area contributed by atoms with Crippen molar-refractivity contribution in [1.29, 1.82) is 0 Å². The zero-order chi connectivity index (χ0) is 18.3. The second kappa shape index (κ2) is 8.65. The Morgan fingerprint density at radius 1 is 1.33 bits per heavy atom. The fourth-order valence-corrected chi connectivity index (χ4v) is 1.96. The molecular formula is C14H19ClN4O4S. The maximum Gasteiger partial charge on any atom is 0.407 e. The van der Waals surface area contributed by atoms with Crippen LogP contribution >= 0.6 is 23.8 Å². The Morgan fingerprint density at radius 3 is 2.54 bits per heavy atom. The van der Waals surface area contributed by atoms with Gasteiger partial charge < -0.3 is 20.7 Å². The molecule has 0 saturated carbocycles. The number of nitrogens with one attached hydrogen (secondary N) is 3. The van der Waals surface area contributed by atoms with E-state index in [2.05, 4.69) is 16.0 Å². The number of nitro benzene ring substituents is 1. The molecule has 0 atom stereocenters. The van der Waals surface area contributed by atoms with Crippen molar-refractivity contribution in [3.05, 3.63) is 33.3 Å². The molecule has 0 fully saturated rings. The molecule has 1 aromatic rings. The molecule has 8 nitrogen and oxygen atoms in total. The molecule has 3 N–H and O–H groups in total. The number of carbonyl (C=O) groups excluding carboxylic acids is 1. The van der Waals surface area contributed by atoms with Gasteiger partial charge in [0, 0.05) is 24.2 Å².